The minimum Gasteiger partial charge on any atom is -0.489 e. The van der Waals surface area contributed by atoms with Crippen molar-refractivity contribution in [1.29, 1.82) is 0 Å². The van der Waals surface area contributed by atoms with Crippen LogP contribution < -0.4 is 4.74 Å². The summed E-state index contributed by atoms with van der Waals surface area (Å²) in [5.74, 6) is -0.620. The largest absolute Gasteiger partial charge is 0.489 e. The summed E-state index contributed by atoms with van der Waals surface area (Å²) in [5, 5.41) is -0.131. The Morgan fingerprint density at radius 3 is 2.79 bits per heavy atom. The van der Waals surface area contributed by atoms with Gasteiger partial charge < -0.3 is 4.74 Å². The number of hydrogen-bond donors (Lipinski definition) is 0. The highest BCUT2D eigenvalue weighted by atomic mass is 35.5. The summed E-state index contributed by atoms with van der Waals surface area (Å²) in [6.45, 7) is -0.853. The predicted molar refractivity (Wildman–Crippen MR) is 48.3 cm³/mol. The average Bonchev–Trinajstić information content (AvgIpc) is 2.18. The maximum absolute atomic E-state index is 12.9. The molecule has 0 N–H and O–H groups in total. The minimum atomic E-state index is -0.724. The van der Waals surface area contributed by atoms with Crippen molar-refractivity contribution in [3.8, 4) is 5.75 Å². The van der Waals surface area contributed by atoms with Crippen molar-refractivity contribution in [2.24, 2.45) is 0 Å². The van der Waals surface area contributed by atoms with Crippen LogP contribution in [0.4, 0.5) is 8.78 Å². The number of carbonyl (C=O) groups excluding carboxylic acids is 1. The van der Waals surface area contributed by atoms with E-state index in [2.05, 4.69) is 0 Å². The van der Waals surface area contributed by atoms with Gasteiger partial charge in [-0.2, -0.15) is 0 Å². The van der Waals surface area contributed by atoms with Crippen molar-refractivity contribution in [3.05, 3.63) is 28.5 Å². The lowest BCUT2D eigenvalue weighted by molar-refractivity contribution is 0.111. The number of hydrogen-bond acceptors (Lipinski definition) is 2. The van der Waals surface area contributed by atoms with Gasteiger partial charge in [0.2, 0.25) is 0 Å². The number of rotatable bonds is 4. The van der Waals surface area contributed by atoms with Crippen LogP contribution in [0.3, 0.4) is 0 Å². The molecule has 14 heavy (non-hydrogen) atoms. The van der Waals surface area contributed by atoms with Gasteiger partial charge in [-0.1, -0.05) is 11.6 Å². The van der Waals surface area contributed by atoms with E-state index in [0.29, 0.717) is 6.29 Å². The van der Waals surface area contributed by atoms with Crippen molar-refractivity contribution in [2.75, 3.05) is 13.3 Å². The van der Waals surface area contributed by atoms with Crippen molar-refractivity contribution in [1.82, 2.24) is 0 Å². The molecular formula is C9H7ClF2O2. The van der Waals surface area contributed by atoms with Crippen LogP contribution in [0.25, 0.3) is 0 Å². The minimum absolute atomic E-state index is 0.104. The van der Waals surface area contributed by atoms with Crippen LogP contribution in [0.1, 0.15) is 10.4 Å². The second-order valence-electron chi connectivity index (χ2n) is 2.43. The number of aldehydes is 1. The Morgan fingerprint density at radius 1 is 1.50 bits per heavy atom. The first-order valence-corrected chi connectivity index (χ1v) is 4.20. The molecule has 0 unspecified atom stereocenters. The van der Waals surface area contributed by atoms with Gasteiger partial charge in [0.15, 0.2) is 6.29 Å². The van der Waals surface area contributed by atoms with Crippen LogP contribution in [0.2, 0.25) is 5.02 Å². The number of alkyl halides is 1. The van der Waals surface area contributed by atoms with Crippen LogP contribution in [-0.2, 0) is 0 Å². The summed E-state index contributed by atoms with van der Waals surface area (Å²) in [6.07, 6.45) is 0.292. The van der Waals surface area contributed by atoms with Gasteiger partial charge in [0.25, 0.3) is 0 Å². The van der Waals surface area contributed by atoms with Gasteiger partial charge >= 0.3 is 0 Å². The summed E-state index contributed by atoms with van der Waals surface area (Å²) < 4.78 is 29.5. The van der Waals surface area contributed by atoms with Gasteiger partial charge in [0.05, 0.1) is 10.6 Å². The van der Waals surface area contributed by atoms with Crippen LogP contribution in [-0.4, -0.2) is 19.6 Å². The summed E-state index contributed by atoms with van der Waals surface area (Å²) in [4.78, 5) is 10.4. The van der Waals surface area contributed by atoms with E-state index in [4.69, 9.17) is 16.3 Å². The first kappa shape index (κ1) is 10.9. The first-order valence-electron chi connectivity index (χ1n) is 3.82. The fourth-order valence-electron chi connectivity index (χ4n) is 0.917. The molecule has 0 aliphatic carbocycles. The molecule has 0 atom stereocenters. The van der Waals surface area contributed by atoms with E-state index in [1.165, 1.54) is 6.07 Å². The molecule has 0 aliphatic rings. The number of carbonyl (C=O) groups is 1. The van der Waals surface area contributed by atoms with E-state index in [-0.39, 0.29) is 22.9 Å². The zero-order valence-corrected chi connectivity index (χ0v) is 7.85. The number of ether oxygens (including phenoxy) is 1. The van der Waals surface area contributed by atoms with E-state index in [0.717, 1.165) is 6.07 Å². The number of halogens is 3. The summed E-state index contributed by atoms with van der Waals surface area (Å²) in [7, 11) is 0. The molecule has 0 amide bonds. The Balaban J connectivity index is 3.02. The standard InChI is InChI=1S/C9H7ClF2O2/c10-9-6(5-13)7(12)1-2-8(9)14-4-3-11/h1-2,5H,3-4H2. The second-order valence-corrected chi connectivity index (χ2v) is 2.81. The first-order chi connectivity index (χ1) is 6.70. The molecule has 1 rings (SSSR count). The third-order valence-corrected chi connectivity index (χ3v) is 1.93. The van der Waals surface area contributed by atoms with Gasteiger partial charge in [-0.25, -0.2) is 8.78 Å². The zero-order valence-electron chi connectivity index (χ0n) is 7.10. The van der Waals surface area contributed by atoms with Crippen LogP contribution >= 0.6 is 11.6 Å². The highest BCUT2D eigenvalue weighted by Crippen LogP contribution is 2.28. The molecule has 1 aromatic rings. The molecule has 0 aliphatic heterocycles. The Bertz CT molecular complexity index is 342. The molecule has 0 bridgehead atoms. The summed E-state index contributed by atoms with van der Waals surface area (Å²) >= 11 is 5.63. The van der Waals surface area contributed by atoms with Crippen LogP contribution in [0, 0.1) is 5.82 Å². The Labute approximate surface area is 84.4 Å². The Morgan fingerprint density at radius 2 is 2.21 bits per heavy atom. The van der Waals surface area contributed by atoms with Crippen LogP contribution in [0.5, 0.6) is 5.75 Å². The maximum atomic E-state index is 12.9. The summed E-state index contributed by atoms with van der Waals surface area (Å²) in [6, 6.07) is 2.30. The van der Waals surface area contributed by atoms with E-state index in [1.807, 2.05) is 0 Å². The predicted octanol–water partition coefficient (Wildman–Crippen LogP) is 2.64. The van der Waals surface area contributed by atoms with Gasteiger partial charge in [0.1, 0.15) is 24.8 Å². The van der Waals surface area contributed by atoms with Gasteiger partial charge in [-0.15, -0.1) is 0 Å². The lowest BCUT2D eigenvalue weighted by Gasteiger charge is -2.07. The molecule has 0 saturated heterocycles. The van der Waals surface area contributed by atoms with E-state index in [1.54, 1.807) is 0 Å². The molecule has 5 heteroatoms. The van der Waals surface area contributed by atoms with Crippen LogP contribution in [0.15, 0.2) is 12.1 Å². The SMILES string of the molecule is O=Cc1c(F)ccc(OCCF)c1Cl. The van der Waals surface area contributed by atoms with Crippen molar-refractivity contribution in [2.45, 2.75) is 0 Å². The molecule has 0 aromatic heterocycles. The second kappa shape index (κ2) is 4.91. The van der Waals surface area contributed by atoms with E-state index < -0.39 is 12.5 Å². The van der Waals surface area contributed by atoms with Crippen molar-refractivity contribution in [3.63, 3.8) is 0 Å². The average molecular weight is 221 g/mol. The molecule has 0 fully saturated rings. The topological polar surface area (TPSA) is 26.3 Å². The fraction of sp³-hybridized carbons (Fsp3) is 0.222. The monoisotopic (exact) mass is 220 g/mol. The molecule has 0 spiro atoms. The Hall–Kier alpha value is -1.16. The fourth-order valence-corrected chi connectivity index (χ4v) is 1.17. The third-order valence-electron chi connectivity index (χ3n) is 1.54. The number of benzene rings is 1. The molecule has 0 saturated carbocycles. The van der Waals surface area contributed by atoms with E-state index >= 15 is 0 Å². The quantitative estimate of drug-likeness (QED) is 0.730. The third kappa shape index (κ3) is 2.20. The van der Waals surface area contributed by atoms with Gasteiger partial charge in [0, 0.05) is 0 Å². The van der Waals surface area contributed by atoms with Crippen molar-refractivity contribution < 1.29 is 18.3 Å². The zero-order chi connectivity index (χ0) is 10.6. The molecule has 76 valence electrons. The normalized spacial score (nSPS) is 9.93. The molecular weight excluding hydrogens is 214 g/mol. The highest BCUT2D eigenvalue weighted by molar-refractivity contribution is 6.34. The van der Waals surface area contributed by atoms with E-state index in [9.17, 15) is 13.6 Å². The molecule has 1 aromatic carbocycles. The highest BCUT2D eigenvalue weighted by Gasteiger charge is 2.11. The smallest absolute Gasteiger partial charge is 0.154 e. The molecule has 2 nitrogen and oxygen atoms in total. The lowest BCUT2D eigenvalue weighted by atomic mass is 10.2. The Kier molecular flexibility index (Phi) is 3.83. The van der Waals surface area contributed by atoms with Gasteiger partial charge in [-0.05, 0) is 12.1 Å². The molecule has 0 radical (unpaired) electrons. The lowest BCUT2D eigenvalue weighted by Crippen LogP contribution is -2.01. The van der Waals surface area contributed by atoms with Crippen molar-refractivity contribution >= 4 is 17.9 Å². The maximum Gasteiger partial charge on any atom is 0.154 e. The molecule has 0 heterocycles. The van der Waals surface area contributed by atoms with Gasteiger partial charge in [-0.3, -0.25) is 4.79 Å². The summed E-state index contributed by atoms with van der Waals surface area (Å²) in [5.41, 5.74) is -0.275.